The van der Waals surface area contributed by atoms with Crippen LogP contribution in [0.25, 0.3) is 5.57 Å². The molecule has 2 aromatic carbocycles. The zero-order valence-corrected chi connectivity index (χ0v) is 19.8. The number of alkyl halides is 3. The molecule has 2 bridgehead atoms. The highest BCUT2D eigenvalue weighted by Gasteiger charge is 2.69. The number of carbonyl (C=O) groups is 1. The van der Waals surface area contributed by atoms with Crippen molar-refractivity contribution in [2.75, 3.05) is 0 Å². The Kier molecular flexibility index (Phi) is 5.25. The van der Waals surface area contributed by atoms with Crippen LogP contribution in [0.4, 0.5) is 13.2 Å². The third-order valence-corrected chi connectivity index (χ3v) is 8.21. The minimum atomic E-state index is -4.43. The van der Waals surface area contributed by atoms with Gasteiger partial charge in [-0.25, -0.2) is 0 Å². The summed E-state index contributed by atoms with van der Waals surface area (Å²) in [5.41, 5.74) is 3.33. The molecule has 180 valence electrons. The summed E-state index contributed by atoms with van der Waals surface area (Å²) >= 11 is 0. The summed E-state index contributed by atoms with van der Waals surface area (Å²) in [4.78, 5) is 13.9. The SMILES string of the molecule is CCc1cc(C)cc(CC)c1C1=C(O)[C@@]2(C)C3CC(c4cccc(C(F)(F)F)c4)C(O3)[C@H]2C1=O. The van der Waals surface area contributed by atoms with E-state index in [9.17, 15) is 23.1 Å². The fourth-order valence-electron chi connectivity index (χ4n) is 6.54. The Labute approximate surface area is 197 Å². The maximum absolute atomic E-state index is 13.9. The van der Waals surface area contributed by atoms with Crippen LogP contribution >= 0.6 is 0 Å². The molecule has 3 nitrogen and oxygen atoms in total. The second kappa shape index (κ2) is 7.70. The van der Waals surface area contributed by atoms with E-state index in [1.165, 1.54) is 12.1 Å². The van der Waals surface area contributed by atoms with Gasteiger partial charge in [-0.2, -0.15) is 13.2 Å². The molecule has 1 aliphatic carbocycles. The fourth-order valence-corrected chi connectivity index (χ4v) is 6.54. The third kappa shape index (κ3) is 3.10. The monoisotopic (exact) mass is 470 g/mol. The number of benzene rings is 2. The summed E-state index contributed by atoms with van der Waals surface area (Å²) in [5, 5.41) is 11.5. The second-order valence-corrected chi connectivity index (χ2v) is 10.1. The van der Waals surface area contributed by atoms with Gasteiger partial charge in [-0.3, -0.25) is 4.79 Å². The van der Waals surface area contributed by atoms with Crippen molar-refractivity contribution in [3.05, 3.63) is 75.5 Å². The molecule has 0 amide bonds. The van der Waals surface area contributed by atoms with Crippen molar-refractivity contribution in [2.45, 2.75) is 71.3 Å². The lowest BCUT2D eigenvalue weighted by atomic mass is 9.64. The molecule has 0 radical (unpaired) electrons. The van der Waals surface area contributed by atoms with E-state index < -0.39 is 35.3 Å². The number of aliphatic hydroxyl groups is 1. The molecule has 5 atom stereocenters. The van der Waals surface area contributed by atoms with Crippen molar-refractivity contribution < 1.29 is 27.8 Å². The van der Waals surface area contributed by atoms with E-state index in [0.717, 1.165) is 41.2 Å². The number of halogens is 3. The molecule has 34 heavy (non-hydrogen) atoms. The summed E-state index contributed by atoms with van der Waals surface area (Å²) in [6.45, 7) is 7.97. The zero-order valence-electron chi connectivity index (χ0n) is 19.8. The predicted octanol–water partition coefficient (Wildman–Crippen LogP) is 6.57. The smallest absolute Gasteiger partial charge is 0.416 e. The van der Waals surface area contributed by atoms with Crippen molar-refractivity contribution in [3.63, 3.8) is 0 Å². The van der Waals surface area contributed by atoms with Gasteiger partial charge >= 0.3 is 6.18 Å². The number of Topliss-reactive ketones (excluding diaryl/α,β-unsaturated/α-hetero) is 1. The number of aryl methyl sites for hydroxylation is 3. The predicted molar refractivity (Wildman–Crippen MR) is 124 cm³/mol. The molecule has 0 aromatic heterocycles. The molecular weight excluding hydrogens is 441 g/mol. The van der Waals surface area contributed by atoms with Gasteiger partial charge in [-0.15, -0.1) is 0 Å². The second-order valence-electron chi connectivity index (χ2n) is 10.1. The van der Waals surface area contributed by atoms with E-state index in [4.69, 9.17) is 4.74 Å². The number of ketones is 1. The molecule has 2 aliphatic heterocycles. The summed E-state index contributed by atoms with van der Waals surface area (Å²) in [5.74, 6) is -1.02. The van der Waals surface area contributed by atoms with Crippen molar-refractivity contribution in [3.8, 4) is 0 Å². The van der Waals surface area contributed by atoms with Crippen LogP contribution in [-0.2, 0) is 28.5 Å². The van der Waals surface area contributed by atoms with Crippen LogP contribution in [0.5, 0.6) is 0 Å². The summed E-state index contributed by atoms with van der Waals surface area (Å²) in [6, 6.07) is 9.45. The Bertz CT molecular complexity index is 1190. The molecular formula is C28H29F3O3. The summed E-state index contributed by atoms with van der Waals surface area (Å²) < 4.78 is 46.1. The topological polar surface area (TPSA) is 46.5 Å². The molecule has 2 saturated heterocycles. The third-order valence-electron chi connectivity index (χ3n) is 8.21. The minimum Gasteiger partial charge on any atom is -0.511 e. The Morgan fingerprint density at radius 1 is 1.12 bits per heavy atom. The summed E-state index contributed by atoms with van der Waals surface area (Å²) in [6.07, 6.45) is -3.50. The lowest BCUT2D eigenvalue weighted by Gasteiger charge is -2.35. The Hall–Kier alpha value is -2.60. The zero-order chi connectivity index (χ0) is 24.6. The number of hydrogen-bond donors (Lipinski definition) is 1. The van der Waals surface area contributed by atoms with E-state index in [-0.39, 0.29) is 17.5 Å². The number of allylic oxidation sites excluding steroid dienone is 1. The maximum atomic E-state index is 13.9. The average Bonchev–Trinajstić information content (AvgIpc) is 3.41. The lowest BCUT2D eigenvalue weighted by molar-refractivity contribution is -0.137. The molecule has 0 saturated carbocycles. The van der Waals surface area contributed by atoms with Crippen molar-refractivity contribution in [2.24, 2.45) is 11.3 Å². The van der Waals surface area contributed by atoms with Gasteiger partial charge < -0.3 is 9.84 Å². The lowest BCUT2D eigenvalue weighted by Crippen LogP contribution is -2.41. The normalized spacial score (nSPS) is 30.4. The minimum absolute atomic E-state index is 0.0748. The van der Waals surface area contributed by atoms with Crippen LogP contribution < -0.4 is 0 Å². The fraction of sp³-hybridized carbons (Fsp3) is 0.464. The van der Waals surface area contributed by atoms with Gasteiger partial charge in [0.2, 0.25) is 0 Å². The highest BCUT2D eigenvalue weighted by atomic mass is 19.4. The van der Waals surface area contributed by atoms with Gasteiger partial charge in [0.15, 0.2) is 5.78 Å². The van der Waals surface area contributed by atoms with Crippen LogP contribution in [0.3, 0.4) is 0 Å². The van der Waals surface area contributed by atoms with Crippen molar-refractivity contribution in [1.29, 1.82) is 0 Å². The van der Waals surface area contributed by atoms with E-state index in [1.807, 2.05) is 27.7 Å². The van der Waals surface area contributed by atoms with Crippen LogP contribution in [0.15, 0.2) is 42.2 Å². The number of carbonyl (C=O) groups excluding carboxylic acids is 1. The quantitative estimate of drug-likeness (QED) is 0.550. The highest BCUT2D eigenvalue weighted by Crippen LogP contribution is 2.65. The molecule has 2 aromatic rings. The number of rotatable bonds is 4. The molecule has 1 N–H and O–H groups in total. The van der Waals surface area contributed by atoms with E-state index in [1.54, 1.807) is 6.07 Å². The van der Waals surface area contributed by atoms with Crippen LogP contribution in [-0.4, -0.2) is 23.1 Å². The Morgan fingerprint density at radius 3 is 2.35 bits per heavy atom. The van der Waals surface area contributed by atoms with Crippen LogP contribution in [0, 0.1) is 18.3 Å². The van der Waals surface area contributed by atoms with E-state index in [2.05, 4.69) is 12.1 Å². The number of hydrogen-bond acceptors (Lipinski definition) is 3. The number of ether oxygens (including phenoxy) is 1. The maximum Gasteiger partial charge on any atom is 0.416 e. The molecule has 3 unspecified atom stereocenters. The van der Waals surface area contributed by atoms with Crippen LogP contribution in [0.2, 0.25) is 0 Å². The van der Waals surface area contributed by atoms with Gasteiger partial charge in [-0.1, -0.05) is 49.7 Å². The van der Waals surface area contributed by atoms with Gasteiger partial charge in [0.05, 0.1) is 34.7 Å². The highest BCUT2D eigenvalue weighted by molar-refractivity contribution is 6.26. The first-order chi connectivity index (χ1) is 16.0. The standard InChI is InChI=1S/C28H29F3O3/c1-5-15-10-14(3)11-16(6-2)21(15)22-24(32)23-25-19(13-20(34-25)27(23,4)26(22)33)17-8-7-9-18(12-17)28(29,30)31/h7-12,19-20,23,25,33H,5-6,13H2,1-4H3/t19?,20?,23-,25?,27+/m1/s1. The Morgan fingerprint density at radius 2 is 1.76 bits per heavy atom. The van der Waals surface area contributed by atoms with Gasteiger partial charge in [0.1, 0.15) is 5.76 Å². The molecule has 6 heteroatoms. The molecule has 0 spiro atoms. The van der Waals surface area contributed by atoms with E-state index in [0.29, 0.717) is 17.6 Å². The van der Waals surface area contributed by atoms with Gasteiger partial charge in [-0.05, 0) is 61.4 Å². The first-order valence-corrected chi connectivity index (χ1v) is 12.0. The van der Waals surface area contributed by atoms with E-state index >= 15 is 0 Å². The Balaban J connectivity index is 1.58. The van der Waals surface area contributed by atoms with Crippen molar-refractivity contribution in [1.82, 2.24) is 0 Å². The molecule has 2 heterocycles. The van der Waals surface area contributed by atoms with Gasteiger partial charge in [0, 0.05) is 5.92 Å². The number of fused-ring (bicyclic) bond motifs is 5. The van der Waals surface area contributed by atoms with Crippen LogP contribution in [0.1, 0.15) is 66.5 Å². The number of aliphatic hydroxyl groups excluding tert-OH is 1. The van der Waals surface area contributed by atoms with Crippen molar-refractivity contribution >= 4 is 11.4 Å². The first-order valence-electron chi connectivity index (χ1n) is 12.0. The van der Waals surface area contributed by atoms with Gasteiger partial charge in [0.25, 0.3) is 0 Å². The molecule has 2 fully saturated rings. The summed E-state index contributed by atoms with van der Waals surface area (Å²) in [7, 11) is 0. The molecule has 5 rings (SSSR count). The largest absolute Gasteiger partial charge is 0.511 e. The molecule has 3 aliphatic rings. The average molecular weight is 471 g/mol. The first kappa shape index (κ1) is 23.2.